The van der Waals surface area contributed by atoms with Crippen molar-refractivity contribution in [3.63, 3.8) is 0 Å². The van der Waals surface area contributed by atoms with Crippen LogP contribution in [0.5, 0.6) is 5.75 Å². The van der Waals surface area contributed by atoms with Gasteiger partial charge in [-0.1, -0.05) is 36.4 Å². The smallest absolute Gasteiger partial charge is 0.416 e. The van der Waals surface area contributed by atoms with Crippen LogP contribution in [0.1, 0.15) is 11.1 Å². The summed E-state index contributed by atoms with van der Waals surface area (Å²) >= 11 is 1.69. The average Bonchev–Trinajstić information content (AvgIpc) is 2.60. The van der Waals surface area contributed by atoms with Crippen LogP contribution in [0.25, 0.3) is 0 Å². The van der Waals surface area contributed by atoms with Gasteiger partial charge in [0.15, 0.2) is 6.61 Å². The highest BCUT2D eigenvalue weighted by Crippen LogP contribution is 2.31. The van der Waals surface area contributed by atoms with E-state index in [2.05, 4.69) is 5.32 Å². The highest BCUT2D eigenvalue weighted by atomic mass is 32.2. The first-order chi connectivity index (χ1) is 11.9. The molecule has 0 spiro atoms. The fourth-order valence-electron chi connectivity index (χ4n) is 1.99. The molecule has 0 heterocycles. The van der Waals surface area contributed by atoms with E-state index in [-0.39, 0.29) is 18.3 Å². The third-order valence-electron chi connectivity index (χ3n) is 3.21. The Morgan fingerprint density at radius 2 is 1.84 bits per heavy atom. The minimum absolute atomic E-state index is 0.0171. The minimum atomic E-state index is -4.43. The number of benzene rings is 2. The number of rotatable bonds is 8. The molecule has 0 unspecified atom stereocenters. The molecule has 0 aliphatic heterocycles. The standard InChI is InChI=1S/C18H18F3NO2S/c19-18(20,21)15-7-4-8-16(11-15)24-12-17(23)22-9-10-25-13-14-5-2-1-3-6-14/h1-8,11H,9-10,12-13H2,(H,22,23). The predicted octanol–water partition coefficient (Wildman–Crippen LogP) is 4.13. The lowest BCUT2D eigenvalue weighted by Crippen LogP contribution is -2.30. The van der Waals surface area contributed by atoms with Gasteiger partial charge in [-0.05, 0) is 23.8 Å². The Labute approximate surface area is 148 Å². The largest absolute Gasteiger partial charge is 0.484 e. The molecule has 2 aromatic rings. The summed E-state index contributed by atoms with van der Waals surface area (Å²) in [6, 6.07) is 14.4. The molecule has 0 radical (unpaired) electrons. The van der Waals surface area contributed by atoms with Gasteiger partial charge in [-0.25, -0.2) is 0 Å². The van der Waals surface area contributed by atoms with Gasteiger partial charge < -0.3 is 10.1 Å². The van der Waals surface area contributed by atoms with E-state index < -0.39 is 11.7 Å². The molecule has 1 N–H and O–H groups in total. The van der Waals surface area contributed by atoms with E-state index in [0.29, 0.717) is 6.54 Å². The molecule has 0 atom stereocenters. The van der Waals surface area contributed by atoms with Crippen LogP contribution in [-0.2, 0) is 16.7 Å². The zero-order valence-corrected chi connectivity index (χ0v) is 14.2. The van der Waals surface area contributed by atoms with Gasteiger partial charge >= 0.3 is 6.18 Å². The second-order valence-electron chi connectivity index (χ2n) is 5.20. The molecule has 0 saturated carbocycles. The van der Waals surface area contributed by atoms with E-state index in [1.807, 2.05) is 30.3 Å². The van der Waals surface area contributed by atoms with Gasteiger partial charge in [0.25, 0.3) is 5.91 Å². The van der Waals surface area contributed by atoms with Crippen molar-refractivity contribution in [2.75, 3.05) is 18.9 Å². The van der Waals surface area contributed by atoms with E-state index in [4.69, 9.17) is 4.74 Å². The number of halogens is 3. The molecule has 0 aliphatic carbocycles. The lowest BCUT2D eigenvalue weighted by atomic mass is 10.2. The van der Waals surface area contributed by atoms with E-state index >= 15 is 0 Å². The SMILES string of the molecule is O=C(COc1cccc(C(F)(F)F)c1)NCCSCc1ccccc1. The third-order valence-corrected chi connectivity index (χ3v) is 4.24. The normalized spacial score (nSPS) is 11.2. The minimum Gasteiger partial charge on any atom is -0.484 e. The van der Waals surface area contributed by atoms with Crippen LogP contribution in [0.4, 0.5) is 13.2 Å². The summed E-state index contributed by atoms with van der Waals surface area (Å²) in [7, 11) is 0. The van der Waals surface area contributed by atoms with Crippen molar-refractivity contribution >= 4 is 17.7 Å². The van der Waals surface area contributed by atoms with E-state index in [1.165, 1.54) is 17.7 Å². The number of carbonyl (C=O) groups is 1. The van der Waals surface area contributed by atoms with Crippen LogP contribution in [0.3, 0.4) is 0 Å². The molecular weight excluding hydrogens is 351 g/mol. The first-order valence-corrected chi connectivity index (χ1v) is 8.79. The number of carbonyl (C=O) groups excluding carboxylic acids is 1. The number of hydrogen-bond acceptors (Lipinski definition) is 3. The van der Waals surface area contributed by atoms with Crippen LogP contribution < -0.4 is 10.1 Å². The summed E-state index contributed by atoms with van der Waals surface area (Å²) in [5.41, 5.74) is 0.412. The summed E-state index contributed by atoms with van der Waals surface area (Å²) in [5, 5.41) is 2.68. The summed E-state index contributed by atoms with van der Waals surface area (Å²) < 4.78 is 42.9. The number of nitrogens with one attached hydrogen (secondary N) is 1. The second kappa shape index (κ2) is 9.36. The zero-order valence-electron chi connectivity index (χ0n) is 13.4. The van der Waals surface area contributed by atoms with Crippen molar-refractivity contribution in [1.29, 1.82) is 0 Å². The molecule has 7 heteroatoms. The summed E-state index contributed by atoms with van der Waals surface area (Å²) in [6.07, 6.45) is -4.43. The Hall–Kier alpha value is -2.15. The average molecular weight is 369 g/mol. The first kappa shape index (κ1) is 19.2. The van der Waals surface area contributed by atoms with Crippen molar-refractivity contribution < 1.29 is 22.7 Å². The van der Waals surface area contributed by atoms with Gasteiger partial charge in [0.2, 0.25) is 0 Å². The molecule has 0 aromatic heterocycles. The van der Waals surface area contributed by atoms with Crippen LogP contribution in [0.15, 0.2) is 54.6 Å². The number of alkyl halides is 3. The van der Waals surface area contributed by atoms with Crippen LogP contribution in [0, 0.1) is 0 Å². The van der Waals surface area contributed by atoms with Crippen LogP contribution in [0.2, 0.25) is 0 Å². The maximum absolute atomic E-state index is 12.6. The molecule has 2 rings (SSSR count). The summed E-state index contributed by atoms with van der Waals surface area (Å²) in [4.78, 5) is 11.7. The molecule has 3 nitrogen and oxygen atoms in total. The Kier molecular flexibility index (Phi) is 7.18. The fourth-order valence-corrected chi connectivity index (χ4v) is 2.81. The molecule has 0 bridgehead atoms. The number of ether oxygens (including phenoxy) is 1. The van der Waals surface area contributed by atoms with Crippen molar-refractivity contribution in [2.45, 2.75) is 11.9 Å². The van der Waals surface area contributed by atoms with Crippen molar-refractivity contribution in [1.82, 2.24) is 5.32 Å². The Balaban J connectivity index is 1.64. The van der Waals surface area contributed by atoms with Crippen LogP contribution >= 0.6 is 11.8 Å². The lowest BCUT2D eigenvalue weighted by molar-refractivity contribution is -0.137. The number of amides is 1. The molecular formula is C18H18F3NO2S. The number of thioether (sulfide) groups is 1. The highest BCUT2D eigenvalue weighted by Gasteiger charge is 2.30. The van der Waals surface area contributed by atoms with Crippen molar-refractivity contribution in [2.24, 2.45) is 0 Å². The summed E-state index contributed by atoms with van der Waals surface area (Å²) in [6.45, 7) is 0.160. The number of hydrogen-bond donors (Lipinski definition) is 1. The molecule has 25 heavy (non-hydrogen) atoms. The predicted molar refractivity (Wildman–Crippen MR) is 92.6 cm³/mol. The highest BCUT2D eigenvalue weighted by molar-refractivity contribution is 7.98. The molecule has 1 amide bonds. The third kappa shape index (κ3) is 7.09. The molecule has 0 aliphatic rings. The van der Waals surface area contributed by atoms with Crippen molar-refractivity contribution in [3.05, 3.63) is 65.7 Å². The van der Waals surface area contributed by atoms with E-state index in [1.54, 1.807) is 11.8 Å². The Morgan fingerprint density at radius 3 is 2.56 bits per heavy atom. The van der Waals surface area contributed by atoms with E-state index in [0.717, 1.165) is 23.6 Å². The Bertz CT molecular complexity index is 678. The van der Waals surface area contributed by atoms with Gasteiger partial charge in [0, 0.05) is 18.1 Å². The van der Waals surface area contributed by atoms with E-state index in [9.17, 15) is 18.0 Å². The molecule has 0 saturated heterocycles. The van der Waals surface area contributed by atoms with Crippen LogP contribution in [-0.4, -0.2) is 24.8 Å². The lowest BCUT2D eigenvalue weighted by Gasteiger charge is -2.10. The zero-order chi connectivity index (χ0) is 18.1. The fraction of sp³-hybridized carbons (Fsp3) is 0.278. The Morgan fingerprint density at radius 1 is 1.08 bits per heavy atom. The topological polar surface area (TPSA) is 38.3 Å². The van der Waals surface area contributed by atoms with Gasteiger partial charge in [-0.15, -0.1) is 0 Å². The molecule has 134 valence electrons. The van der Waals surface area contributed by atoms with Gasteiger partial charge in [0.05, 0.1) is 5.56 Å². The maximum atomic E-state index is 12.6. The van der Waals surface area contributed by atoms with Gasteiger partial charge in [-0.2, -0.15) is 24.9 Å². The van der Waals surface area contributed by atoms with Gasteiger partial charge in [-0.3, -0.25) is 4.79 Å². The quantitative estimate of drug-likeness (QED) is 0.711. The maximum Gasteiger partial charge on any atom is 0.416 e. The van der Waals surface area contributed by atoms with Gasteiger partial charge in [0.1, 0.15) is 5.75 Å². The molecule has 2 aromatic carbocycles. The summed E-state index contributed by atoms with van der Waals surface area (Å²) in [5.74, 6) is 1.25. The van der Waals surface area contributed by atoms with Crippen molar-refractivity contribution in [3.8, 4) is 5.75 Å². The first-order valence-electron chi connectivity index (χ1n) is 7.63. The monoisotopic (exact) mass is 369 g/mol. The second-order valence-corrected chi connectivity index (χ2v) is 6.31. The molecule has 0 fully saturated rings.